The Balaban J connectivity index is -0.000000118. The first-order valence-corrected chi connectivity index (χ1v) is 6.80. The highest BCUT2D eigenvalue weighted by Crippen LogP contribution is 1.82. The van der Waals surface area contributed by atoms with Gasteiger partial charge in [0.1, 0.15) is 0 Å². The van der Waals surface area contributed by atoms with E-state index in [1.165, 1.54) is 20.8 Å². The number of hydrogen-bond acceptors (Lipinski definition) is 4. The fraction of sp³-hybridized carbons (Fsp3) is 0.278. The molecule has 0 unspecified atom stereocenters. The van der Waals surface area contributed by atoms with Crippen LogP contribution in [-0.4, -0.2) is 46.4 Å². The van der Waals surface area contributed by atoms with Crippen molar-refractivity contribution in [2.75, 3.05) is 13.2 Å². The van der Waals surface area contributed by atoms with Gasteiger partial charge in [-0.3, -0.25) is 0 Å². The van der Waals surface area contributed by atoms with Gasteiger partial charge in [-0.25, -0.2) is 14.4 Å². The number of carboxylic acid groups (broad SMARTS) is 3. The standard InChI is InChI=1S/C6H10O.3C4H6O2/c1-3-5-7-6-4-2;3*1-3(2)4(5)6/h3-4H,1-2,5-6H2;3*1H2,2H3,(H,5,6). The van der Waals surface area contributed by atoms with E-state index in [9.17, 15) is 14.4 Å². The smallest absolute Gasteiger partial charge is 0.330 e. The molecule has 7 nitrogen and oxygen atoms in total. The van der Waals surface area contributed by atoms with Gasteiger partial charge in [0.15, 0.2) is 0 Å². The molecule has 0 aliphatic rings. The van der Waals surface area contributed by atoms with Crippen molar-refractivity contribution in [3.63, 3.8) is 0 Å². The Kier molecular flexibility index (Phi) is 25.3. The van der Waals surface area contributed by atoms with E-state index in [4.69, 9.17) is 20.1 Å². The second-order valence-electron chi connectivity index (χ2n) is 4.37. The van der Waals surface area contributed by atoms with Crippen molar-refractivity contribution in [1.82, 2.24) is 0 Å². The van der Waals surface area contributed by atoms with Crippen LogP contribution in [0.5, 0.6) is 0 Å². The average Bonchev–Trinajstić information content (AvgIpc) is 2.49. The molecule has 0 fully saturated rings. The first-order chi connectivity index (χ1) is 11.3. The monoisotopic (exact) mass is 356 g/mol. The summed E-state index contributed by atoms with van der Waals surface area (Å²) in [5.74, 6) is -2.81. The van der Waals surface area contributed by atoms with Gasteiger partial charge in [0.05, 0.1) is 13.2 Å². The normalized spacial score (nSPS) is 7.64. The highest BCUT2D eigenvalue weighted by atomic mass is 16.5. The average molecular weight is 356 g/mol. The molecule has 0 radical (unpaired) electrons. The molecule has 0 spiro atoms. The Morgan fingerprint density at radius 3 is 0.960 bits per heavy atom. The molecule has 0 heterocycles. The van der Waals surface area contributed by atoms with Crippen LogP contribution in [0.1, 0.15) is 20.8 Å². The fourth-order valence-electron chi connectivity index (χ4n) is 0.235. The zero-order valence-corrected chi connectivity index (χ0v) is 15.1. The second kappa shape index (κ2) is 21.1. The van der Waals surface area contributed by atoms with E-state index < -0.39 is 17.9 Å². The fourth-order valence-corrected chi connectivity index (χ4v) is 0.235. The summed E-state index contributed by atoms with van der Waals surface area (Å²) in [6.07, 6.45) is 3.42. The van der Waals surface area contributed by atoms with Crippen LogP contribution in [0.4, 0.5) is 0 Å². The summed E-state index contributed by atoms with van der Waals surface area (Å²) in [7, 11) is 0. The molecule has 0 aromatic carbocycles. The van der Waals surface area contributed by atoms with E-state index in [2.05, 4.69) is 32.9 Å². The van der Waals surface area contributed by atoms with Gasteiger partial charge in [0.2, 0.25) is 0 Å². The predicted molar refractivity (Wildman–Crippen MR) is 98.6 cm³/mol. The zero-order chi connectivity index (χ0) is 21.0. The van der Waals surface area contributed by atoms with Crippen LogP contribution >= 0.6 is 0 Å². The van der Waals surface area contributed by atoms with Gasteiger partial charge in [0, 0.05) is 16.7 Å². The van der Waals surface area contributed by atoms with Crippen LogP contribution in [-0.2, 0) is 19.1 Å². The minimum Gasteiger partial charge on any atom is -0.478 e. The molecule has 0 saturated carbocycles. The molecule has 0 aliphatic heterocycles. The van der Waals surface area contributed by atoms with Gasteiger partial charge >= 0.3 is 17.9 Å². The molecule has 25 heavy (non-hydrogen) atoms. The summed E-state index contributed by atoms with van der Waals surface area (Å²) in [6.45, 7) is 22.0. The molecule has 0 rings (SSSR count). The number of carbonyl (C=O) groups is 3. The van der Waals surface area contributed by atoms with Crippen LogP contribution in [0.15, 0.2) is 61.8 Å². The van der Waals surface area contributed by atoms with Crippen LogP contribution in [0, 0.1) is 0 Å². The number of aliphatic carboxylic acids is 3. The molecule has 0 atom stereocenters. The van der Waals surface area contributed by atoms with Gasteiger partial charge in [-0.2, -0.15) is 0 Å². The minimum atomic E-state index is -0.935. The number of ether oxygens (including phenoxy) is 1. The van der Waals surface area contributed by atoms with E-state index in [1.807, 2.05) is 0 Å². The van der Waals surface area contributed by atoms with E-state index >= 15 is 0 Å². The lowest BCUT2D eigenvalue weighted by Gasteiger charge is -1.89. The molecule has 0 aromatic heterocycles. The SMILES string of the molecule is C=C(C)C(=O)O.C=C(C)C(=O)O.C=C(C)C(=O)O.C=CCOCC=C. The van der Waals surface area contributed by atoms with Crippen molar-refractivity contribution in [2.24, 2.45) is 0 Å². The van der Waals surface area contributed by atoms with Gasteiger partial charge in [-0.05, 0) is 20.8 Å². The molecule has 0 amide bonds. The topological polar surface area (TPSA) is 121 Å². The van der Waals surface area contributed by atoms with E-state index in [1.54, 1.807) is 12.2 Å². The number of hydrogen-bond donors (Lipinski definition) is 3. The molecule has 0 aliphatic carbocycles. The van der Waals surface area contributed by atoms with Gasteiger partial charge < -0.3 is 20.1 Å². The van der Waals surface area contributed by atoms with Crippen LogP contribution < -0.4 is 0 Å². The van der Waals surface area contributed by atoms with Gasteiger partial charge in [-0.15, -0.1) is 13.2 Å². The lowest BCUT2D eigenvalue weighted by atomic mass is 10.4. The number of rotatable bonds is 7. The van der Waals surface area contributed by atoms with Gasteiger partial charge in [-0.1, -0.05) is 31.9 Å². The Morgan fingerprint density at radius 1 is 0.720 bits per heavy atom. The lowest BCUT2D eigenvalue weighted by molar-refractivity contribution is -0.133. The molecule has 3 N–H and O–H groups in total. The van der Waals surface area contributed by atoms with Crippen molar-refractivity contribution >= 4 is 17.9 Å². The molecule has 7 heteroatoms. The summed E-state index contributed by atoms with van der Waals surface area (Å²) >= 11 is 0. The maximum atomic E-state index is 9.60. The maximum absolute atomic E-state index is 9.60. The third kappa shape index (κ3) is 44.9. The molecule has 142 valence electrons. The third-order valence-electron chi connectivity index (χ3n) is 1.57. The summed E-state index contributed by atoms with van der Waals surface area (Å²) < 4.78 is 4.90. The van der Waals surface area contributed by atoms with Crippen LogP contribution in [0.25, 0.3) is 0 Å². The van der Waals surface area contributed by atoms with Crippen molar-refractivity contribution in [3.05, 3.63) is 61.8 Å². The Morgan fingerprint density at radius 2 is 0.880 bits per heavy atom. The molecular weight excluding hydrogens is 328 g/mol. The Labute approximate surface area is 148 Å². The van der Waals surface area contributed by atoms with E-state index in [-0.39, 0.29) is 16.7 Å². The van der Waals surface area contributed by atoms with Crippen molar-refractivity contribution < 1.29 is 34.4 Å². The zero-order valence-electron chi connectivity index (χ0n) is 15.1. The second-order valence-corrected chi connectivity index (χ2v) is 4.37. The molecule has 0 saturated heterocycles. The first kappa shape index (κ1) is 30.0. The molecule has 0 bridgehead atoms. The Bertz CT molecular complexity index is 387. The van der Waals surface area contributed by atoms with E-state index in [0.29, 0.717) is 13.2 Å². The highest BCUT2D eigenvalue weighted by Gasteiger charge is 1.91. The minimum absolute atomic E-state index is 0.176. The molecular formula is C18H28O7. The number of carboxylic acids is 3. The van der Waals surface area contributed by atoms with Gasteiger partial charge in [0.25, 0.3) is 0 Å². The van der Waals surface area contributed by atoms with Crippen LogP contribution in [0.3, 0.4) is 0 Å². The summed E-state index contributed by atoms with van der Waals surface area (Å²) in [6, 6.07) is 0. The lowest BCUT2D eigenvalue weighted by Crippen LogP contribution is -1.92. The van der Waals surface area contributed by atoms with Crippen molar-refractivity contribution in [1.29, 1.82) is 0 Å². The predicted octanol–water partition coefficient (Wildman–Crippen LogP) is 3.32. The maximum Gasteiger partial charge on any atom is 0.330 e. The quantitative estimate of drug-likeness (QED) is 0.363. The third-order valence-corrected chi connectivity index (χ3v) is 1.57. The van der Waals surface area contributed by atoms with Crippen LogP contribution in [0.2, 0.25) is 0 Å². The first-order valence-electron chi connectivity index (χ1n) is 6.80. The van der Waals surface area contributed by atoms with Crippen molar-refractivity contribution in [2.45, 2.75) is 20.8 Å². The Hall–Kier alpha value is -2.93. The largest absolute Gasteiger partial charge is 0.478 e. The summed E-state index contributed by atoms with van der Waals surface area (Å²) in [4.78, 5) is 28.8. The van der Waals surface area contributed by atoms with Crippen molar-refractivity contribution in [3.8, 4) is 0 Å². The van der Waals surface area contributed by atoms with E-state index in [0.717, 1.165) is 0 Å². The summed E-state index contributed by atoms with van der Waals surface area (Å²) in [5, 5.41) is 23.7. The highest BCUT2D eigenvalue weighted by molar-refractivity contribution is 5.85. The molecule has 0 aromatic rings. The summed E-state index contributed by atoms with van der Waals surface area (Å²) in [5.41, 5.74) is 0.528.